The molecule has 4 rings (SSSR count). The topological polar surface area (TPSA) is 77.6 Å². The summed E-state index contributed by atoms with van der Waals surface area (Å²) in [6.07, 6.45) is 3.58. The van der Waals surface area contributed by atoms with Gasteiger partial charge in [-0.2, -0.15) is 10.2 Å². The number of hydrogen-bond acceptors (Lipinski definition) is 4. The van der Waals surface area contributed by atoms with Gasteiger partial charge in [-0.15, -0.1) is 0 Å². The minimum absolute atomic E-state index is 0.231. The van der Waals surface area contributed by atoms with Gasteiger partial charge in [0.25, 0.3) is 5.91 Å². The summed E-state index contributed by atoms with van der Waals surface area (Å²) < 4.78 is 16.4. The smallest absolute Gasteiger partial charge is 0.269 e. The fraction of sp³-hybridized carbons (Fsp3) is 0.143. The minimum atomic E-state index is -0.313. The van der Waals surface area contributed by atoms with Crippen LogP contribution >= 0.6 is 0 Å². The van der Waals surface area contributed by atoms with E-state index in [0.29, 0.717) is 24.5 Å². The van der Waals surface area contributed by atoms with Crippen molar-refractivity contribution in [2.75, 3.05) is 6.54 Å². The predicted octanol–water partition coefficient (Wildman–Crippen LogP) is 2.91. The van der Waals surface area contributed by atoms with E-state index in [-0.39, 0.29) is 11.7 Å². The molecule has 0 saturated carbocycles. The van der Waals surface area contributed by atoms with Crippen molar-refractivity contribution in [3.63, 3.8) is 0 Å². The van der Waals surface area contributed by atoms with Crippen LogP contribution in [-0.4, -0.2) is 37.0 Å². The maximum absolute atomic E-state index is 13.1. The van der Waals surface area contributed by atoms with E-state index < -0.39 is 0 Å². The molecule has 0 aliphatic carbocycles. The lowest BCUT2D eigenvalue weighted by molar-refractivity contribution is 0.0942. The quantitative estimate of drug-likeness (QED) is 0.549. The van der Waals surface area contributed by atoms with Gasteiger partial charge in [0.1, 0.15) is 17.2 Å². The lowest BCUT2D eigenvalue weighted by Gasteiger charge is -2.05. The van der Waals surface area contributed by atoms with Gasteiger partial charge in [0.05, 0.1) is 17.9 Å². The van der Waals surface area contributed by atoms with Crippen molar-refractivity contribution < 1.29 is 9.18 Å². The molecule has 0 spiro atoms. The number of aryl methyl sites for hydroxylation is 1. The van der Waals surface area contributed by atoms with Gasteiger partial charge in [-0.25, -0.2) is 4.39 Å². The first-order valence-electron chi connectivity index (χ1n) is 9.13. The van der Waals surface area contributed by atoms with E-state index in [1.165, 1.54) is 16.8 Å². The number of halogens is 1. The highest BCUT2D eigenvalue weighted by Gasteiger charge is 2.14. The molecule has 1 aromatic carbocycles. The summed E-state index contributed by atoms with van der Waals surface area (Å²) in [6, 6.07) is 15.3. The summed E-state index contributed by atoms with van der Waals surface area (Å²) in [5, 5.41) is 11.7. The highest BCUT2D eigenvalue weighted by molar-refractivity contribution is 5.93. The molecule has 8 heteroatoms. The molecule has 4 aromatic rings. The molecule has 0 fully saturated rings. The molecule has 0 radical (unpaired) electrons. The molecule has 29 heavy (non-hydrogen) atoms. The Kier molecular flexibility index (Phi) is 5.15. The van der Waals surface area contributed by atoms with E-state index in [1.54, 1.807) is 36.1 Å². The second-order valence-corrected chi connectivity index (χ2v) is 6.48. The van der Waals surface area contributed by atoms with E-state index >= 15 is 0 Å². The Labute approximate surface area is 166 Å². The van der Waals surface area contributed by atoms with E-state index in [0.717, 1.165) is 17.0 Å². The SMILES string of the molecule is Cn1nc(-c2ccc(F)cc2)cc1C(=O)NCCn1ccc(-c2ccccn2)n1. The number of benzene rings is 1. The molecule has 3 aromatic heterocycles. The molecular weight excluding hydrogens is 371 g/mol. The Hall–Kier alpha value is -3.81. The van der Waals surface area contributed by atoms with Crippen molar-refractivity contribution in [1.29, 1.82) is 0 Å². The molecule has 0 bridgehead atoms. The van der Waals surface area contributed by atoms with E-state index in [1.807, 2.05) is 30.5 Å². The maximum atomic E-state index is 13.1. The minimum Gasteiger partial charge on any atom is -0.349 e. The lowest BCUT2D eigenvalue weighted by Crippen LogP contribution is -2.29. The fourth-order valence-electron chi connectivity index (χ4n) is 2.95. The van der Waals surface area contributed by atoms with E-state index in [4.69, 9.17) is 0 Å². The van der Waals surface area contributed by atoms with Gasteiger partial charge in [-0.1, -0.05) is 6.07 Å². The maximum Gasteiger partial charge on any atom is 0.269 e. The summed E-state index contributed by atoms with van der Waals surface area (Å²) in [5.74, 6) is -0.544. The number of nitrogens with one attached hydrogen (secondary N) is 1. The van der Waals surface area contributed by atoms with Gasteiger partial charge in [-0.3, -0.25) is 19.1 Å². The number of rotatable bonds is 6. The number of aromatic nitrogens is 5. The zero-order valence-electron chi connectivity index (χ0n) is 15.8. The number of hydrogen-bond donors (Lipinski definition) is 1. The van der Waals surface area contributed by atoms with Gasteiger partial charge in [-0.05, 0) is 48.5 Å². The number of carbonyl (C=O) groups excluding carboxylic acids is 1. The first-order chi connectivity index (χ1) is 14.1. The average molecular weight is 390 g/mol. The molecule has 0 aliphatic rings. The number of nitrogens with zero attached hydrogens (tertiary/aromatic N) is 5. The predicted molar refractivity (Wildman–Crippen MR) is 106 cm³/mol. The molecule has 7 nitrogen and oxygen atoms in total. The molecule has 0 aliphatic heterocycles. The Morgan fingerprint density at radius 1 is 1.03 bits per heavy atom. The third-order valence-electron chi connectivity index (χ3n) is 4.45. The van der Waals surface area contributed by atoms with Crippen molar-refractivity contribution in [3.8, 4) is 22.6 Å². The second kappa shape index (κ2) is 8.05. The van der Waals surface area contributed by atoms with Crippen LogP contribution in [0.25, 0.3) is 22.6 Å². The van der Waals surface area contributed by atoms with Crippen LogP contribution in [0.1, 0.15) is 10.5 Å². The molecule has 1 N–H and O–H groups in total. The van der Waals surface area contributed by atoms with Gasteiger partial charge in [0.2, 0.25) is 0 Å². The zero-order chi connectivity index (χ0) is 20.2. The highest BCUT2D eigenvalue weighted by Crippen LogP contribution is 2.19. The van der Waals surface area contributed by atoms with E-state index in [2.05, 4.69) is 20.5 Å². The fourth-order valence-corrected chi connectivity index (χ4v) is 2.95. The van der Waals surface area contributed by atoms with Crippen molar-refractivity contribution in [3.05, 3.63) is 78.5 Å². The van der Waals surface area contributed by atoms with Gasteiger partial charge in [0.15, 0.2) is 0 Å². The normalized spacial score (nSPS) is 10.8. The molecular formula is C21H19FN6O. The van der Waals surface area contributed by atoms with Crippen LogP contribution in [0.5, 0.6) is 0 Å². The summed E-state index contributed by atoms with van der Waals surface area (Å²) in [5.41, 5.74) is 3.38. The van der Waals surface area contributed by atoms with Gasteiger partial charge < -0.3 is 5.32 Å². The van der Waals surface area contributed by atoms with Crippen LogP contribution in [0.4, 0.5) is 4.39 Å². The van der Waals surface area contributed by atoms with Crippen LogP contribution in [-0.2, 0) is 13.6 Å². The summed E-state index contributed by atoms with van der Waals surface area (Å²) in [6.45, 7) is 0.945. The van der Waals surface area contributed by atoms with E-state index in [9.17, 15) is 9.18 Å². The van der Waals surface area contributed by atoms with Crippen molar-refractivity contribution in [1.82, 2.24) is 29.9 Å². The molecule has 146 valence electrons. The van der Waals surface area contributed by atoms with Crippen LogP contribution in [0.3, 0.4) is 0 Å². The Bertz CT molecular complexity index is 1120. The van der Waals surface area contributed by atoms with Crippen LogP contribution in [0, 0.1) is 5.82 Å². The van der Waals surface area contributed by atoms with Gasteiger partial charge >= 0.3 is 0 Å². The number of amides is 1. The Balaban J connectivity index is 1.37. The molecule has 0 unspecified atom stereocenters. The zero-order valence-corrected chi connectivity index (χ0v) is 15.8. The van der Waals surface area contributed by atoms with Crippen molar-refractivity contribution in [2.45, 2.75) is 6.54 Å². The van der Waals surface area contributed by atoms with Crippen LogP contribution in [0.15, 0.2) is 67.0 Å². The summed E-state index contributed by atoms with van der Waals surface area (Å²) >= 11 is 0. The molecule has 0 saturated heterocycles. The van der Waals surface area contributed by atoms with Crippen molar-refractivity contribution >= 4 is 5.91 Å². The molecule has 3 heterocycles. The first kappa shape index (κ1) is 18.5. The lowest BCUT2D eigenvalue weighted by atomic mass is 10.1. The molecule has 0 atom stereocenters. The third-order valence-corrected chi connectivity index (χ3v) is 4.45. The number of carbonyl (C=O) groups is 1. The van der Waals surface area contributed by atoms with Crippen molar-refractivity contribution in [2.24, 2.45) is 7.05 Å². The monoisotopic (exact) mass is 390 g/mol. The second-order valence-electron chi connectivity index (χ2n) is 6.48. The Morgan fingerprint density at radius 2 is 1.86 bits per heavy atom. The van der Waals surface area contributed by atoms with Gasteiger partial charge in [0, 0.05) is 31.5 Å². The summed E-state index contributed by atoms with van der Waals surface area (Å²) in [7, 11) is 1.70. The summed E-state index contributed by atoms with van der Waals surface area (Å²) in [4.78, 5) is 16.8. The first-order valence-corrected chi connectivity index (χ1v) is 9.13. The third kappa shape index (κ3) is 4.21. The number of pyridine rings is 1. The van der Waals surface area contributed by atoms with Crippen LogP contribution in [0.2, 0.25) is 0 Å². The highest BCUT2D eigenvalue weighted by atomic mass is 19.1. The molecule has 1 amide bonds. The standard InChI is InChI=1S/C21H19FN6O/c1-27-20(14-19(25-27)15-5-7-16(22)8-6-15)21(29)24-11-13-28-12-9-18(26-28)17-4-2-3-10-23-17/h2-10,12,14H,11,13H2,1H3,(H,24,29). The average Bonchev–Trinajstić information content (AvgIpc) is 3.36. The Morgan fingerprint density at radius 3 is 2.62 bits per heavy atom. The van der Waals surface area contributed by atoms with Crippen LogP contribution < -0.4 is 5.32 Å². The largest absolute Gasteiger partial charge is 0.349 e.